The van der Waals surface area contributed by atoms with Crippen molar-refractivity contribution in [2.75, 3.05) is 19.5 Å². The van der Waals surface area contributed by atoms with Gasteiger partial charge in [0.15, 0.2) is 5.78 Å². The number of nitrogens with one attached hydrogen (secondary N) is 1. The lowest BCUT2D eigenvalue weighted by molar-refractivity contribution is -0.385. The predicted molar refractivity (Wildman–Crippen MR) is 94.2 cm³/mol. The van der Waals surface area contributed by atoms with Crippen LogP contribution in [-0.4, -0.2) is 24.1 Å². The van der Waals surface area contributed by atoms with Crippen molar-refractivity contribution in [1.82, 2.24) is 0 Å². The maximum atomic E-state index is 12.9. The van der Waals surface area contributed by atoms with E-state index in [0.29, 0.717) is 0 Å². The fourth-order valence-electron chi connectivity index (χ4n) is 2.31. The quantitative estimate of drug-likeness (QED) is 0.410. The Labute approximate surface area is 148 Å². The lowest BCUT2D eigenvalue weighted by Crippen LogP contribution is -2.14. The van der Waals surface area contributed by atoms with Crippen LogP contribution >= 0.6 is 7.60 Å². The molecule has 0 bridgehead atoms. The summed E-state index contributed by atoms with van der Waals surface area (Å²) >= 11 is 0. The van der Waals surface area contributed by atoms with Gasteiger partial charge in [-0.3, -0.25) is 24.8 Å². The van der Waals surface area contributed by atoms with Crippen molar-refractivity contribution < 1.29 is 23.5 Å². The lowest BCUT2D eigenvalue weighted by Gasteiger charge is -2.26. The van der Waals surface area contributed by atoms with Crippen molar-refractivity contribution >= 4 is 24.7 Å². The zero-order chi connectivity index (χ0) is 19.3. The summed E-state index contributed by atoms with van der Waals surface area (Å²) in [5.41, 5.74) is 0.187. The largest absolute Gasteiger partial charge is 0.368 e. The molecule has 0 fully saturated rings. The van der Waals surface area contributed by atoms with Gasteiger partial charge < -0.3 is 14.4 Å². The Balaban J connectivity index is 2.50. The first-order valence-corrected chi connectivity index (χ1v) is 8.88. The van der Waals surface area contributed by atoms with Crippen LogP contribution in [0, 0.1) is 20.2 Å². The molecule has 1 N–H and O–H groups in total. The SMILES string of the molecule is COP(=O)(OC)C(Nc1cccc([N+](=O)[O-])c1)c1cccc([N+](=O)[O-])c1. The molecule has 2 aromatic rings. The minimum absolute atomic E-state index is 0.169. The van der Waals surface area contributed by atoms with Gasteiger partial charge in [-0.05, 0) is 11.6 Å². The molecule has 11 heteroatoms. The van der Waals surface area contributed by atoms with Gasteiger partial charge in [-0.25, -0.2) is 0 Å². The molecular formula is C15H16N3O7P. The Kier molecular flexibility index (Phi) is 6.04. The van der Waals surface area contributed by atoms with Crippen molar-refractivity contribution in [1.29, 1.82) is 0 Å². The van der Waals surface area contributed by atoms with Gasteiger partial charge in [0.05, 0.1) is 9.85 Å². The van der Waals surface area contributed by atoms with Crippen LogP contribution in [0.4, 0.5) is 17.1 Å². The van der Waals surface area contributed by atoms with Crippen LogP contribution in [0.3, 0.4) is 0 Å². The maximum absolute atomic E-state index is 12.9. The van der Waals surface area contributed by atoms with Gasteiger partial charge in [-0.1, -0.05) is 18.2 Å². The summed E-state index contributed by atoms with van der Waals surface area (Å²) in [5, 5.41) is 24.8. The lowest BCUT2D eigenvalue weighted by atomic mass is 10.2. The summed E-state index contributed by atoms with van der Waals surface area (Å²) in [6.07, 6.45) is 0. The topological polar surface area (TPSA) is 134 Å². The molecule has 0 saturated heterocycles. The van der Waals surface area contributed by atoms with Crippen molar-refractivity contribution in [3.05, 3.63) is 74.3 Å². The molecule has 1 atom stereocenters. The van der Waals surface area contributed by atoms with Crippen LogP contribution in [0.25, 0.3) is 0 Å². The Morgan fingerprint density at radius 1 is 0.962 bits per heavy atom. The molecule has 0 amide bonds. The van der Waals surface area contributed by atoms with Crippen molar-refractivity contribution in [3.8, 4) is 0 Å². The van der Waals surface area contributed by atoms with Gasteiger partial charge in [-0.2, -0.15) is 0 Å². The highest BCUT2D eigenvalue weighted by Gasteiger charge is 2.36. The summed E-state index contributed by atoms with van der Waals surface area (Å²) < 4.78 is 23.0. The minimum atomic E-state index is -3.77. The van der Waals surface area contributed by atoms with E-state index in [4.69, 9.17) is 9.05 Å². The molecule has 0 radical (unpaired) electrons. The summed E-state index contributed by atoms with van der Waals surface area (Å²) in [6, 6.07) is 11.0. The van der Waals surface area contributed by atoms with Crippen LogP contribution in [-0.2, 0) is 13.6 Å². The van der Waals surface area contributed by atoms with Crippen LogP contribution in [0.15, 0.2) is 48.5 Å². The highest BCUT2D eigenvalue weighted by Crippen LogP contribution is 2.59. The van der Waals surface area contributed by atoms with Crippen LogP contribution in [0.1, 0.15) is 11.3 Å². The molecule has 0 aromatic heterocycles. The van der Waals surface area contributed by atoms with Gasteiger partial charge in [0.2, 0.25) is 0 Å². The van der Waals surface area contributed by atoms with Crippen molar-refractivity contribution in [3.63, 3.8) is 0 Å². The van der Waals surface area contributed by atoms with E-state index in [1.807, 2.05) is 0 Å². The number of benzene rings is 2. The number of non-ortho nitro benzene ring substituents is 2. The molecular weight excluding hydrogens is 365 g/mol. The predicted octanol–water partition coefficient (Wildman–Crippen LogP) is 4.10. The van der Waals surface area contributed by atoms with Crippen LogP contribution < -0.4 is 5.32 Å². The highest BCUT2D eigenvalue weighted by atomic mass is 31.2. The number of nitro benzene ring substituents is 2. The molecule has 26 heavy (non-hydrogen) atoms. The smallest absolute Gasteiger partial charge is 0.356 e. The molecule has 138 valence electrons. The molecule has 0 heterocycles. The second-order valence-corrected chi connectivity index (χ2v) is 7.44. The van der Waals surface area contributed by atoms with Gasteiger partial charge in [0.25, 0.3) is 11.4 Å². The van der Waals surface area contributed by atoms with E-state index in [1.54, 1.807) is 0 Å². The van der Waals surface area contributed by atoms with Gasteiger partial charge in [0.1, 0.15) is 0 Å². The molecule has 1 unspecified atom stereocenters. The maximum Gasteiger partial charge on any atom is 0.356 e. The minimum Gasteiger partial charge on any atom is -0.368 e. The number of anilines is 1. The molecule has 0 aliphatic heterocycles. The van der Waals surface area contributed by atoms with Crippen molar-refractivity contribution in [2.45, 2.75) is 5.78 Å². The van der Waals surface area contributed by atoms with Crippen LogP contribution in [0.5, 0.6) is 0 Å². The molecule has 0 aliphatic carbocycles. The summed E-state index contributed by atoms with van der Waals surface area (Å²) in [7, 11) is -1.40. The average Bonchev–Trinajstić information content (AvgIpc) is 2.65. The third kappa shape index (κ3) is 4.23. The van der Waals surface area contributed by atoms with E-state index in [2.05, 4.69) is 5.32 Å². The highest BCUT2D eigenvalue weighted by molar-refractivity contribution is 7.54. The van der Waals surface area contributed by atoms with E-state index in [0.717, 1.165) is 0 Å². The first-order valence-electron chi connectivity index (χ1n) is 7.27. The second kappa shape index (κ2) is 8.05. The molecule has 0 spiro atoms. The molecule has 2 rings (SSSR count). The van der Waals surface area contributed by atoms with Gasteiger partial charge >= 0.3 is 7.60 Å². The van der Waals surface area contributed by atoms with Crippen LogP contribution in [0.2, 0.25) is 0 Å². The molecule has 0 saturated carbocycles. The zero-order valence-corrected chi connectivity index (χ0v) is 14.8. The Hall–Kier alpha value is -2.81. The van der Waals surface area contributed by atoms with E-state index in [1.165, 1.54) is 62.8 Å². The fourth-order valence-corrected chi connectivity index (χ4v) is 3.71. The average molecular weight is 381 g/mol. The van der Waals surface area contributed by atoms with E-state index >= 15 is 0 Å². The number of rotatable bonds is 8. The fraction of sp³-hybridized carbons (Fsp3) is 0.200. The Morgan fingerprint density at radius 2 is 1.50 bits per heavy atom. The molecule has 0 aliphatic rings. The third-order valence-electron chi connectivity index (χ3n) is 3.58. The van der Waals surface area contributed by atoms with Crippen molar-refractivity contribution in [2.24, 2.45) is 0 Å². The molecule has 2 aromatic carbocycles. The number of hydrogen-bond donors (Lipinski definition) is 1. The first kappa shape index (κ1) is 19.5. The zero-order valence-electron chi connectivity index (χ0n) is 13.9. The monoisotopic (exact) mass is 381 g/mol. The summed E-state index contributed by atoms with van der Waals surface area (Å²) in [6.45, 7) is 0. The first-order chi connectivity index (χ1) is 12.3. The summed E-state index contributed by atoms with van der Waals surface area (Å²) in [4.78, 5) is 20.8. The normalized spacial score (nSPS) is 12.4. The molecule has 10 nitrogen and oxygen atoms in total. The summed E-state index contributed by atoms with van der Waals surface area (Å²) in [5.74, 6) is -1.11. The Morgan fingerprint density at radius 3 is 2.04 bits per heavy atom. The van der Waals surface area contributed by atoms with E-state index in [-0.39, 0.29) is 22.6 Å². The standard InChI is InChI=1S/C15H16N3O7P/c1-24-26(23,25-2)15(11-5-3-7-13(9-11)17(19)20)16-12-6-4-8-14(10-12)18(21)22/h3-10,15-16H,1-2H3. The van der Waals surface area contributed by atoms with Gasteiger partial charge in [-0.15, -0.1) is 0 Å². The Bertz CT molecular complexity index is 866. The number of nitrogens with zero attached hydrogens (tertiary/aromatic N) is 2. The van der Waals surface area contributed by atoms with E-state index < -0.39 is 23.2 Å². The number of hydrogen-bond acceptors (Lipinski definition) is 8. The van der Waals surface area contributed by atoms with Gasteiger partial charge in [0, 0.05) is 44.2 Å². The third-order valence-corrected chi connectivity index (χ3v) is 5.66. The number of nitro groups is 2. The second-order valence-electron chi connectivity index (χ2n) is 5.11. The van der Waals surface area contributed by atoms with E-state index in [9.17, 15) is 24.8 Å².